The fraction of sp³-hybridized carbons (Fsp3) is 0.200. The number of hydrogen-bond donors (Lipinski definition) is 1. The maximum Gasteiger partial charge on any atom is 0.0485 e. The molecule has 0 aliphatic heterocycles. The van der Waals surface area contributed by atoms with Crippen molar-refractivity contribution < 1.29 is 0 Å². The van der Waals surface area contributed by atoms with Gasteiger partial charge in [-0.05, 0) is 51.7 Å². The van der Waals surface area contributed by atoms with Gasteiger partial charge in [0.05, 0.1) is 0 Å². The van der Waals surface area contributed by atoms with Crippen molar-refractivity contribution in [1.29, 1.82) is 0 Å². The van der Waals surface area contributed by atoms with Crippen LogP contribution in [0.2, 0.25) is 5.02 Å². The molecule has 2 aromatic rings. The summed E-state index contributed by atoms with van der Waals surface area (Å²) in [6, 6.07) is 14.5. The minimum Gasteiger partial charge on any atom is -0.384 e. The van der Waals surface area contributed by atoms with E-state index in [2.05, 4.69) is 45.5 Å². The highest BCUT2D eigenvalue weighted by atomic mass is 79.9. The van der Waals surface area contributed by atoms with Crippen LogP contribution in [0.25, 0.3) is 0 Å². The second-order valence-corrected chi connectivity index (χ2v) is 5.90. The summed E-state index contributed by atoms with van der Waals surface area (Å²) in [4.78, 5) is 0. The molecule has 0 bridgehead atoms. The number of benzene rings is 2. The molecular formula is C15H13BrClN. The van der Waals surface area contributed by atoms with E-state index in [1.54, 1.807) is 0 Å². The average Bonchev–Trinajstić information content (AvgIpc) is 2.33. The summed E-state index contributed by atoms with van der Waals surface area (Å²) in [7, 11) is 0. The van der Waals surface area contributed by atoms with Crippen molar-refractivity contribution in [3.05, 3.63) is 63.1 Å². The molecule has 1 N–H and O–H groups in total. The van der Waals surface area contributed by atoms with Gasteiger partial charge in [-0.25, -0.2) is 0 Å². The molecule has 0 saturated carbocycles. The molecule has 1 nitrogen and oxygen atoms in total. The summed E-state index contributed by atoms with van der Waals surface area (Å²) < 4.78 is 1.02. The zero-order valence-electron chi connectivity index (χ0n) is 9.79. The molecule has 0 fully saturated rings. The van der Waals surface area contributed by atoms with Gasteiger partial charge in [0, 0.05) is 27.6 Å². The lowest BCUT2D eigenvalue weighted by Crippen LogP contribution is -2.24. The zero-order valence-corrected chi connectivity index (χ0v) is 12.1. The summed E-state index contributed by atoms with van der Waals surface area (Å²) in [6.45, 7) is 0.969. The van der Waals surface area contributed by atoms with Gasteiger partial charge in [-0.2, -0.15) is 0 Å². The number of anilines is 1. The smallest absolute Gasteiger partial charge is 0.0485 e. The molecule has 1 unspecified atom stereocenters. The molecule has 1 aliphatic carbocycles. The van der Waals surface area contributed by atoms with Crippen molar-refractivity contribution in [3.63, 3.8) is 0 Å². The Bertz CT molecular complexity index is 582. The molecule has 1 aliphatic rings. The topological polar surface area (TPSA) is 12.0 Å². The Morgan fingerprint density at radius 3 is 2.83 bits per heavy atom. The Labute approximate surface area is 120 Å². The monoisotopic (exact) mass is 321 g/mol. The minimum atomic E-state index is 0.628. The van der Waals surface area contributed by atoms with Crippen molar-refractivity contribution >= 4 is 33.2 Å². The normalized spacial score (nSPS) is 16.9. The Morgan fingerprint density at radius 1 is 1.22 bits per heavy atom. The fourth-order valence-corrected chi connectivity index (χ4v) is 3.23. The van der Waals surface area contributed by atoms with E-state index >= 15 is 0 Å². The molecule has 2 aromatic carbocycles. The lowest BCUT2D eigenvalue weighted by atomic mass is 9.77. The first-order valence-corrected chi connectivity index (χ1v) is 7.18. The van der Waals surface area contributed by atoms with Gasteiger partial charge in [0.2, 0.25) is 0 Å². The molecule has 3 heteroatoms. The van der Waals surface area contributed by atoms with E-state index in [0.717, 1.165) is 21.7 Å². The lowest BCUT2D eigenvalue weighted by Gasteiger charge is -2.30. The summed E-state index contributed by atoms with van der Waals surface area (Å²) in [6.07, 6.45) is 1.17. The highest BCUT2D eigenvalue weighted by molar-refractivity contribution is 9.10. The quantitative estimate of drug-likeness (QED) is 0.851. The van der Waals surface area contributed by atoms with E-state index < -0.39 is 0 Å². The standard InChI is InChI=1S/C15H13BrClN/c16-14-8-12(17)5-6-15(14)18-9-11-7-10-3-1-2-4-13(10)11/h1-6,8,11,18H,7,9H2. The van der Waals surface area contributed by atoms with Crippen LogP contribution in [0.15, 0.2) is 46.9 Å². The van der Waals surface area contributed by atoms with Crippen LogP contribution in [-0.2, 0) is 6.42 Å². The summed E-state index contributed by atoms with van der Waals surface area (Å²) in [5, 5.41) is 4.23. The van der Waals surface area contributed by atoms with Crippen LogP contribution < -0.4 is 5.32 Å². The third kappa shape index (κ3) is 2.27. The number of hydrogen-bond acceptors (Lipinski definition) is 1. The van der Waals surface area contributed by atoms with E-state index in [1.165, 1.54) is 17.5 Å². The number of rotatable bonds is 3. The molecule has 18 heavy (non-hydrogen) atoms. The molecule has 0 radical (unpaired) electrons. The van der Waals surface area contributed by atoms with Crippen LogP contribution in [0.4, 0.5) is 5.69 Å². The van der Waals surface area contributed by atoms with Gasteiger partial charge in [0.25, 0.3) is 0 Å². The lowest BCUT2D eigenvalue weighted by molar-refractivity contribution is 0.635. The first-order chi connectivity index (χ1) is 8.74. The molecule has 0 aromatic heterocycles. The summed E-state index contributed by atoms with van der Waals surface area (Å²) >= 11 is 9.45. The van der Waals surface area contributed by atoms with E-state index in [4.69, 9.17) is 11.6 Å². The fourth-order valence-electron chi connectivity index (χ4n) is 2.41. The largest absolute Gasteiger partial charge is 0.384 e. The van der Waals surface area contributed by atoms with Crippen molar-refractivity contribution in [2.75, 3.05) is 11.9 Å². The number of fused-ring (bicyclic) bond motifs is 1. The molecule has 92 valence electrons. The van der Waals surface area contributed by atoms with Crippen molar-refractivity contribution in [2.24, 2.45) is 0 Å². The molecule has 0 heterocycles. The predicted molar refractivity (Wildman–Crippen MR) is 80.5 cm³/mol. The number of halogens is 2. The Hall–Kier alpha value is -0.990. The maximum absolute atomic E-state index is 5.93. The summed E-state index contributed by atoms with van der Waals surface area (Å²) in [5.74, 6) is 0.628. The minimum absolute atomic E-state index is 0.628. The van der Waals surface area contributed by atoms with Crippen LogP contribution in [0.5, 0.6) is 0 Å². The van der Waals surface area contributed by atoms with E-state index in [0.29, 0.717) is 5.92 Å². The van der Waals surface area contributed by atoms with Gasteiger partial charge in [-0.3, -0.25) is 0 Å². The first kappa shape index (κ1) is 12.1. The molecule has 0 saturated heterocycles. The van der Waals surface area contributed by atoms with Crippen LogP contribution in [0, 0.1) is 0 Å². The zero-order chi connectivity index (χ0) is 12.5. The van der Waals surface area contributed by atoms with Crippen molar-refractivity contribution in [3.8, 4) is 0 Å². The molecule has 1 atom stereocenters. The van der Waals surface area contributed by atoms with Crippen LogP contribution >= 0.6 is 27.5 Å². The van der Waals surface area contributed by atoms with Gasteiger partial charge in [-0.1, -0.05) is 35.9 Å². The van der Waals surface area contributed by atoms with Crippen molar-refractivity contribution in [2.45, 2.75) is 12.3 Å². The average molecular weight is 323 g/mol. The van der Waals surface area contributed by atoms with Crippen LogP contribution in [0.3, 0.4) is 0 Å². The van der Waals surface area contributed by atoms with E-state index in [9.17, 15) is 0 Å². The maximum atomic E-state index is 5.93. The van der Waals surface area contributed by atoms with Gasteiger partial charge >= 0.3 is 0 Å². The number of nitrogens with one attached hydrogen (secondary N) is 1. The Morgan fingerprint density at radius 2 is 2.06 bits per heavy atom. The third-order valence-electron chi connectivity index (χ3n) is 3.43. The second kappa shape index (κ2) is 4.94. The highest BCUT2D eigenvalue weighted by Gasteiger charge is 2.24. The SMILES string of the molecule is Clc1ccc(NCC2Cc3ccccc32)c(Br)c1. The van der Waals surface area contributed by atoms with Crippen LogP contribution in [-0.4, -0.2) is 6.54 Å². The second-order valence-electron chi connectivity index (χ2n) is 4.60. The first-order valence-electron chi connectivity index (χ1n) is 6.01. The third-order valence-corrected chi connectivity index (χ3v) is 4.32. The molecular weight excluding hydrogens is 310 g/mol. The predicted octanol–water partition coefficient (Wildman–Crippen LogP) is 4.85. The molecule has 0 amide bonds. The van der Waals surface area contributed by atoms with Gasteiger partial charge < -0.3 is 5.32 Å². The van der Waals surface area contributed by atoms with E-state index in [1.807, 2.05) is 18.2 Å². The van der Waals surface area contributed by atoms with E-state index in [-0.39, 0.29) is 0 Å². The van der Waals surface area contributed by atoms with Crippen molar-refractivity contribution in [1.82, 2.24) is 0 Å². The summed E-state index contributed by atoms with van der Waals surface area (Å²) in [5.41, 5.74) is 4.07. The van der Waals surface area contributed by atoms with Gasteiger partial charge in [-0.15, -0.1) is 0 Å². The Kier molecular flexibility index (Phi) is 3.31. The Balaban J connectivity index is 1.66. The molecule has 3 rings (SSSR count). The molecule has 0 spiro atoms. The van der Waals surface area contributed by atoms with Crippen LogP contribution in [0.1, 0.15) is 17.0 Å². The van der Waals surface area contributed by atoms with Gasteiger partial charge in [0.15, 0.2) is 0 Å². The highest BCUT2D eigenvalue weighted by Crippen LogP contribution is 2.35. The van der Waals surface area contributed by atoms with Gasteiger partial charge in [0.1, 0.15) is 0 Å².